The first-order valence-electron chi connectivity index (χ1n) is 6.84. The van der Waals surface area contributed by atoms with E-state index in [1.54, 1.807) is 0 Å². The summed E-state index contributed by atoms with van der Waals surface area (Å²) in [5.41, 5.74) is 4.98. The molecule has 20 heavy (non-hydrogen) atoms. The van der Waals surface area contributed by atoms with Gasteiger partial charge in [-0.25, -0.2) is 0 Å². The minimum Gasteiger partial charge on any atom is -0.256 e. The predicted molar refractivity (Wildman–Crippen MR) is 83.7 cm³/mol. The van der Waals surface area contributed by atoms with E-state index in [0.717, 1.165) is 5.69 Å². The summed E-state index contributed by atoms with van der Waals surface area (Å²) in [5.74, 6) is 0. The number of pyridine rings is 1. The third-order valence-electron chi connectivity index (χ3n) is 4.22. The fraction of sp³-hybridized carbons (Fsp3) is 0. The Bertz CT molecular complexity index is 999. The fourth-order valence-corrected chi connectivity index (χ4v) is 3.41. The third-order valence-corrected chi connectivity index (χ3v) is 4.22. The Hall–Kier alpha value is -2.67. The van der Waals surface area contributed by atoms with Crippen LogP contribution in [0.15, 0.2) is 66.9 Å². The summed E-state index contributed by atoms with van der Waals surface area (Å²) in [6, 6.07) is 21.6. The maximum absolute atomic E-state index is 4.65. The van der Waals surface area contributed by atoms with E-state index in [-0.39, 0.29) is 0 Å². The van der Waals surface area contributed by atoms with Crippen molar-refractivity contribution in [1.29, 1.82) is 0 Å². The lowest BCUT2D eigenvalue weighted by Gasteiger charge is -2.07. The van der Waals surface area contributed by atoms with Gasteiger partial charge in [0.1, 0.15) is 0 Å². The van der Waals surface area contributed by atoms with Crippen LogP contribution in [0.4, 0.5) is 0 Å². The van der Waals surface area contributed by atoms with Crippen LogP contribution in [0, 0.1) is 0 Å². The first kappa shape index (κ1) is 10.2. The Morgan fingerprint density at radius 3 is 2.55 bits per heavy atom. The molecule has 0 radical (unpaired) electrons. The second kappa shape index (κ2) is 3.45. The van der Waals surface area contributed by atoms with Crippen LogP contribution in [0.3, 0.4) is 0 Å². The maximum atomic E-state index is 4.65. The topological polar surface area (TPSA) is 12.9 Å². The minimum atomic E-state index is 1.12. The highest BCUT2D eigenvalue weighted by molar-refractivity contribution is 6.22. The monoisotopic (exact) mass is 253 g/mol. The molecule has 0 saturated carbocycles. The van der Waals surface area contributed by atoms with Crippen molar-refractivity contribution < 1.29 is 0 Å². The fourth-order valence-electron chi connectivity index (χ4n) is 3.41. The normalized spacial score (nSPS) is 12.0. The molecule has 1 heterocycles. The van der Waals surface area contributed by atoms with Crippen LogP contribution in [0.1, 0.15) is 0 Å². The molecule has 1 aliphatic carbocycles. The molecule has 1 heteroatoms. The lowest BCUT2D eigenvalue weighted by Crippen LogP contribution is -1.83. The van der Waals surface area contributed by atoms with Gasteiger partial charge >= 0.3 is 0 Å². The molecule has 92 valence electrons. The molecular weight excluding hydrogens is 242 g/mol. The second-order valence-corrected chi connectivity index (χ2v) is 5.28. The van der Waals surface area contributed by atoms with Gasteiger partial charge in [0, 0.05) is 17.3 Å². The van der Waals surface area contributed by atoms with Crippen LogP contribution in [0.25, 0.3) is 43.9 Å². The Balaban J connectivity index is 2.15. The van der Waals surface area contributed by atoms with Crippen LogP contribution >= 0.6 is 0 Å². The van der Waals surface area contributed by atoms with E-state index in [1.165, 1.54) is 38.2 Å². The van der Waals surface area contributed by atoms with Gasteiger partial charge in [0.05, 0.1) is 5.69 Å². The van der Waals surface area contributed by atoms with Crippen molar-refractivity contribution in [3.63, 3.8) is 0 Å². The molecule has 1 aromatic heterocycles. The summed E-state index contributed by atoms with van der Waals surface area (Å²) in [5, 5.41) is 5.23. The Kier molecular flexibility index (Phi) is 1.75. The van der Waals surface area contributed by atoms with Crippen molar-refractivity contribution in [2.45, 2.75) is 0 Å². The summed E-state index contributed by atoms with van der Waals surface area (Å²) in [6.45, 7) is 0. The summed E-state index contributed by atoms with van der Waals surface area (Å²) in [7, 11) is 0. The van der Waals surface area contributed by atoms with Crippen LogP contribution in [0.5, 0.6) is 0 Å². The molecular formula is C19H11N. The van der Waals surface area contributed by atoms with Crippen LogP contribution in [-0.2, 0) is 0 Å². The van der Waals surface area contributed by atoms with Crippen molar-refractivity contribution in [1.82, 2.24) is 4.98 Å². The molecule has 0 aliphatic heterocycles. The van der Waals surface area contributed by atoms with Gasteiger partial charge in [0.2, 0.25) is 0 Å². The van der Waals surface area contributed by atoms with E-state index in [2.05, 4.69) is 59.6 Å². The van der Waals surface area contributed by atoms with Gasteiger partial charge in [-0.2, -0.15) is 0 Å². The van der Waals surface area contributed by atoms with Gasteiger partial charge in [0.15, 0.2) is 0 Å². The van der Waals surface area contributed by atoms with Crippen molar-refractivity contribution in [2.24, 2.45) is 0 Å². The highest BCUT2D eigenvalue weighted by atomic mass is 14.7. The summed E-state index contributed by atoms with van der Waals surface area (Å²) >= 11 is 0. The van der Waals surface area contributed by atoms with Gasteiger partial charge in [0.25, 0.3) is 0 Å². The molecule has 0 bridgehead atoms. The Morgan fingerprint density at radius 2 is 1.55 bits per heavy atom. The van der Waals surface area contributed by atoms with Gasteiger partial charge in [-0.15, -0.1) is 0 Å². The highest BCUT2D eigenvalue weighted by Crippen LogP contribution is 2.48. The maximum Gasteiger partial charge on any atom is 0.0793 e. The summed E-state index contributed by atoms with van der Waals surface area (Å²) in [4.78, 5) is 4.65. The van der Waals surface area contributed by atoms with Crippen molar-refractivity contribution in [3.8, 4) is 22.4 Å². The zero-order valence-electron chi connectivity index (χ0n) is 10.8. The molecule has 0 atom stereocenters. The SMILES string of the molecule is c1cnc2c(c1)-c1cccc3cc4ccccc4c-2c13. The molecule has 0 unspecified atom stereocenters. The lowest BCUT2D eigenvalue weighted by molar-refractivity contribution is 1.35. The zero-order chi connectivity index (χ0) is 13.1. The smallest absolute Gasteiger partial charge is 0.0793 e. The molecule has 1 aliphatic rings. The lowest BCUT2D eigenvalue weighted by atomic mass is 9.97. The number of hydrogen-bond donors (Lipinski definition) is 0. The number of hydrogen-bond acceptors (Lipinski definition) is 1. The molecule has 1 nitrogen and oxygen atoms in total. The zero-order valence-corrected chi connectivity index (χ0v) is 10.8. The molecule has 0 spiro atoms. The highest BCUT2D eigenvalue weighted by Gasteiger charge is 2.23. The molecule has 0 fully saturated rings. The van der Waals surface area contributed by atoms with Crippen LogP contribution in [-0.4, -0.2) is 4.98 Å². The van der Waals surface area contributed by atoms with Crippen LogP contribution in [0.2, 0.25) is 0 Å². The van der Waals surface area contributed by atoms with E-state index >= 15 is 0 Å². The number of benzene rings is 3. The Morgan fingerprint density at radius 1 is 0.700 bits per heavy atom. The quantitative estimate of drug-likeness (QED) is 0.352. The third kappa shape index (κ3) is 1.11. The average molecular weight is 253 g/mol. The van der Waals surface area contributed by atoms with E-state index in [0.29, 0.717) is 0 Å². The first-order chi connectivity index (χ1) is 9.93. The minimum absolute atomic E-state index is 1.12. The molecule has 0 amide bonds. The first-order valence-corrected chi connectivity index (χ1v) is 6.84. The second-order valence-electron chi connectivity index (χ2n) is 5.28. The van der Waals surface area contributed by atoms with Crippen molar-refractivity contribution >= 4 is 21.5 Å². The largest absolute Gasteiger partial charge is 0.256 e. The van der Waals surface area contributed by atoms with Gasteiger partial charge in [-0.1, -0.05) is 48.5 Å². The standard InChI is InChI=1S/C19H11N/c1-2-7-14-12(5-1)11-13-6-3-8-15-16-9-4-10-20-19(16)18(14)17(13)15/h1-11H. The van der Waals surface area contributed by atoms with E-state index in [9.17, 15) is 0 Å². The average Bonchev–Trinajstić information content (AvgIpc) is 2.85. The van der Waals surface area contributed by atoms with Gasteiger partial charge in [-0.3, -0.25) is 4.98 Å². The number of rotatable bonds is 0. The van der Waals surface area contributed by atoms with E-state index < -0.39 is 0 Å². The molecule has 3 aromatic carbocycles. The molecule has 5 rings (SSSR count). The van der Waals surface area contributed by atoms with Gasteiger partial charge < -0.3 is 0 Å². The van der Waals surface area contributed by atoms with Crippen molar-refractivity contribution in [3.05, 3.63) is 66.9 Å². The van der Waals surface area contributed by atoms with E-state index in [4.69, 9.17) is 0 Å². The Labute approximate surface area is 116 Å². The summed E-state index contributed by atoms with van der Waals surface area (Å²) < 4.78 is 0. The number of fused-ring (bicyclic) bond motifs is 5. The van der Waals surface area contributed by atoms with E-state index in [1.807, 2.05) is 12.3 Å². The molecule has 4 aromatic rings. The molecule has 0 saturated heterocycles. The number of nitrogens with zero attached hydrogens (tertiary/aromatic N) is 1. The van der Waals surface area contributed by atoms with Gasteiger partial charge in [-0.05, 0) is 39.2 Å². The van der Waals surface area contributed by atoms with Crippen LogP contribution < -0.4 is 0 Å². The predicted octanol–water partition coefficient (Wildman–Crippen LogP) is 5.04. The van der Waals surface area contributed by atoms with Crippen molar-refractivity contribution in [2.75, 3.05) is 0 Å². The molecule has 0 N–H and O–H groups in total. The summed E-state index contributed by atoms with van der Waals surface area (Å²) in [6.07, 6.45) is 1.89. The number of aromatic nitrogens is 1.